The van der Waals surface area contributed by atoms with Crippen molar-refractivity contribution in [3.05, 3.63) is 41.7 Å². The Bertz CT molecular complexity index is 534. The van der Waals surface area contributed by atoms with Gasteiger partial charge in [0.15, 0.2) is 0 Å². The molecule has 1 aromatic heterocycles. The Balaban J connectivity index is 2.58. The fourth-order valence-corrected chi connectivity index (χ4v) is 1.85. The van der Waals surface area contributed by atoms with E-state index in [1.165, 1.54) is 0 Å². The average molecular weight is 215 g/mol. The fourth-order valence-electron chi connectivity index (χ4n) is 1.85. The highest BCUT2D eigenvalue weighted by molar-refractivity contribution is 5.85. The van der Waals surface area contributed by atoms with Gasteiger partial charge in [-0.15, -0.1) is 0 Å². The van der Waals surface area contributed by atoms with Crippen LogP contribution in [0, 0.1) is 0 Å². The van der Waals surface area contributed by atoms with Gasteiger partial charge in [-0.1, -0.05) is 31.2 Å². The summed E-state index contributed by atoms with van der Waals surface area (Å²) in [7, 11) is 0. The smallest absolute Gasteiger partial charge is 0.309 e. The van der Waals surface area contributed by atoms with Gasteiger partial charge in [-0.25, -0.2) is 0 Å². The Morgan fingerprint density at radius 3 is 2.81 bits per heavy atom. The first kappa shape index (κ1) is 10.6. The normalized spacial score (nSPS) is 10.6. The second-order valence-electron chi connectivity index (χ2n) is 3.71. The number of benzene rings is 1. The van der Waals surface area contributed by atoms with E-state index in [9.17, 15) is 4.79 Å². The first-order valence-corrected chi connectivity index (χ1v) is 5.30. The minimum atomic E-state index is -0.843. The number of aryl methyl sites for hydroxylation is 1. The highest BCUT2D eigenvalue weighted by atomic mass is 16.4. The highest BCUT2D eigenvalue weighted by Gasteiger charge is 2.07. The third-order valence-electron chi connectivity index (χ3n) is 2.54. The van der Waals surface area contributed by atoms with E-state index in [0.29, 0.717) is 5.69 Å². The van der Waals surface area contributed by atoms with Crippen LogP contribution in [0.1, 0.15) is 18.3 Å². The summed E-state index contributed by atoms with van der Waals surface area (Å²) in [5.74, 6) is -0.843. The molecule has 1 heterocycles. The van der Waals surface area contributed by atoms with Crippen LogP contribution in [0.3, 0.4) is 0 Å². The van der Waals surface area contributed by atoms with Crippen LogP contribution in [0.15, 0.2) is 30.3 Å². The number of hydrogen-bond donors (Lipinski definition) is 1. The Kier molecular flexibility index (Phi) is 2.86. The summed E-state index contributed by atoms with van der Waals surface area (Å²) in [5, 5.41) is 10.9. The molecule has 16 heavy (non-hydrogen) atoms. The number of hydrogen-bond acceptors (Lipinski definition) is 2. The van der Waals surface area contributed by atoms with Crippen LogP contribution in [0.2, 0.25) is 0 Å². The Labute approximate surface area is 93.7 Å². The largest absolute Gasteiger partial charge is 0.481 e. The molecule has 3 heteroatoms. The third-order valence-corrected chi connectivity index (χ3v) is 2.54. The molecular formula is C13H13NO2. The van der Waals surface area contributed by atoms with Crippen LogP contribution in [-0.2, 0) is 17.6 Å². The number of rotatable bonds is 3. The lowest BCUT2D eigenvalue weighted by atomic mass is 10.1. The van der Waals surface area contributed by atoms with Gasteiger partial charge < -0.3 is 5.11 Å². The number of aliphatic carboxylic acids is 1. The summed E-state index contributed by atoms with van der Waals surface area (Å²) in [5.41, 5.74) is 1.59. The minimum absolute atomic E-state index is 0.0160. The number of carboxylic acid groups (broad SMARTS) is 1. The molecule has 0 amide bonds. The molecule has 0 aliphatic heterocycles. The average Bonchev–Trinajstić information content (AvgIpc) is 2.27. The maximum Gasteiger partial charge on any atom is 0.309 e. The number of aromatic nitrogens is 1. The number of carboxylic acids is 1. The quantitative estimate of drug-likeness (QED) is 0.855. The number of pyridine rings is 1. The summed E-state index contributed by atoms with van der Waals surface area (Å²) in [6.07, 6.45) is 0.797. The van der Waals surface area contributed by atoms with E-state index in [4.69, 9.17) is 5.11 Å². The van der Waals surface area contributed by atoms with Crippen molar-refractivity contribution in [2.24, 2.45) is 0 Å². The predicted molar refractivity (Wildman–Crippen MR) is 62.5 cm³/mol. The van der Waals surface area contributed by atoms with Gasteiger partial charge in [0.1, 0.15) is 0 Å². The molecular weight excluding hydrogens is 202 g/mol. The van der Waals surface area contributed by atoms with E-state index >= 15 is 0 Å². The van der Waals surface area contributed by atoms with E-state index in [0.717, 1.165) is 22.9 Å². The molecule has 0 saturated carbocycles. The maximum atomic E-state index is 10.7. The van der Waals surface area contributed by atoms with Crippen molar-refractivity contribution in [1.82, 2.24) is 4.98 Å². The van der Waals surface area contributed by atoms with Crippen LogP contribution in [-0.4, -0.2) is 16.1 Å². The zero-order chi connectivity index (χ0) is 11.5. The van der Waals surface area contributed by atoms with Gasteiger partial charge in [-0.3, -0.25) is 9.78 Å². The SMILES string of the molecule is CCc1nc(CC(=O)O)cc2ccccc12. The molecule has 3 nitrogen and oxygen atoms in total. The zero-order valence-corrected chi connectivity index (χ0v) is 9.10. The van der Waals surface area contributed by atoms with E-state index < -0.39 is 5.97 Å². The van der Waals surface area contributed by atoms with Gasteiger partial charge in [0.2, 0.25) is 0 Å². The summed E-state index contributed by atoms with van der Waals surface area (Å²) in [4.78, 5) is 15.0. The van der Waals surface area contributed by atoms with Crippen LogP contribution in [0.5, 0.6) is 0 Å². The molecule has 2 rings (SSSR count). The van der Waals surface area contributed by atoms with E-state index in [-0.39, 0.29) is 6.42 Å². The lowest BCUT2D eigenvalue weighted by Crippen LogP contribution is -2.04. The highest BCUT2D eigenvalue weighted by Crippen LogP contribution is 2.19. The minimum Gasteiger partial charge on any atom is -0.481 e. The lowest BCUT2D eigenvalue weighted by Gasteiger charge is -2.06. The maximum absolute atomic E-state index is 10.7. The van der Waals surface area contributed by atoms with Crippen LogP contribution in [0.25, 0.3) is 10.8 Å². The summed E-state index contributed by atoms with van der Waals surface area (Å²) in [6.45, 7) is 2.03. The van der Waals surface area contributed by atoms with Crippen molar-refractivity contribution in [2.45, 2.75) is 19.8 Å². The number of nitrogens with zero attached hydrogens (tertiary/aromatic N) is 1. The van der Waals surface area contributed by atoms with Gasteiger partial charge in [0.05, 0.1) is 12.1 Å². The van der Waals surface area contributed by atoms with Crippen LogP contribution >= 0.6 is 0 Å². The summed E-state index contributed by atoms with van der Waals surface area (Å²) >= 11 is 0. The van der Waals surface area contributed by atoms with Gasteiger partial charge in [0, 0.05) is 11.1 Å². The molecule has 2 aromatic rings. The van der Waals surface area contributed by atoms with Gasteiger partial charge in [0.25, 0.3) is 0 Å². The van der Waals surface area contributed by atoms with Gasteiger partial charge in [-0.05, 0) is 17.9 Å². The molecule has 0 bridgehead atoms. The van der Waals surface area contributed by atoms with Crippen molar-refractivity contribution in [1.29, 1.82) is 0 Å². The predicted octanol–water partition coefficient (Wildman–Crippen LogP) is 2.42. The molecule has 0 spiro atoms. The monoisotopic (exact) mass is 215 g/mol. The van der Waals surface area contributed by atoms with Crippen molar-refractivity contribution in [2.75, 3.05) is 0 Å². The van der Waals surface area contributed by atoms with Crippen LogP contribution < -0.4 is 0 Å². The first-order chi connectivity index (χ1) is 7.70. The standard InChI is InChI=1S/C13H13NO2/c1-2-12-11-6-4-3-5-9(11)7-10(14-12)8-13(15)16/h3-7H,2,8H2,1H3,(H,15,16). The fraction of sp³-hybridized carbons (Fsp3) is 0.231. The van der Waals surface area contributed by atoms with Gasteiger partial charge in [-0.2, -0.15) is 0 Å². The van der Waals surface area contributed by atoms with E-state index in [1.807, 2.05) is 37.3 Å². The molecule has 0 radical (unpaired) electrons. The Hall–Kier alpha value is -1.90. The molecule has 0 saturated heterocycles. The molecule has 0 atom stereocenters. The summed E-state index contributed by atoms with van der Waals surface area (Å²) in [6, 6.07) is 9.78. The van der Waals surface area contributed by atoms with Crippen molar-refractivity contribution in [3.63, 3.8) is 0 Å². The molecule has 0 aliphatic rings. The van der Waals surface area contributed by atoms with Crippen molar-refractivity contribution in [3.8, 4) is 0 Å². The molecule has 82 valence electrons. The van der Waals surface area contributed by atoms with E-state index in [2.05, 4.69) is 4.98 Å². The summed E-state index contributed by atoms with van der Waals surface area (Å²) < 4.78 is 0. The molecule has 0 fully saturated rings. The Morgan fingerprint density at radius 2 is 2.12 bits per heavy atom. The topological polar surface area (TPSA) is 50.2 Å². The van der Waals surface area contributed by atoms with E-state index in [1.54, 1.807) is 0 Å². The molecule has 0 aliphatic carbocycles. The van der Waals surface area contributed by atoms with Gasteiger partial charge >= 0.3 is 5.97 Å². The van der Waals surface area contributed by atoms with Crippen LogP contribution in [0.4, 0.5) is 0 Å². The molecule has 0 unspecified atom stereocenters. The van der Waals surface area contributed by atoms with Crippen molar-refractivity contribution < 1.29 is 9.90 Å². The second-order valence-corrected chi connectivity index (χ2v) is 3.71. The first-order valence-electron chi connectivity index (χ1n) is 5.30. The number of fused-ring (bicyclic) bond motifs is 1. The van der Waals surface area contributed by atoms with Crippen molar-refractivity contribution >= 4 is 16.7 Å². The number of carbonyl (C=O) groups is 1. The third kappa shape index (κ3) is 2.03. The lowest BCUT2D eigenvalue weighted by molar-refractivity contribution is -0.136. The molecule has 1 N–H and O–H groups in total. The zero-order valence-electron chi connectivity index (χ0n) is 9.10. The second kappa shape index (κ2) is 4.31. The Morgan fingerprint density at radius 1 is 1.38 bits per heavy atom. The molecule has 1 aromatic carbocycles.